The highest BCUT2D eigenvalue weighted by atomic mass is 19.3. The summed E-state index contributed by atoms with van der Waals surface area (Å²) in [7, 11) is 0. The highest BCUT2D eigenvalue weighted by Gasteiger charge is 2.43. The van der Waals surface area contributed by atoms with E-state index in [-0.39, 0.29) is 13.0 Å². The van der Waals surface area contributed by atoms with E-state index in [9.17, 15) is 13.6 Å². The first-order valence-corrected chi connectivity index (χ1v) is 3.21. The van der Waals surface area contributed by atoms with Crippen molar-refractivity contribution in [2.24, 2.45) is 0 Å². The van der Waals surface area contributed by atoms with Crippen LogP contribution in [0.2, 0.25) is 0 Å². The average Bonchev–Trinajstić information content (AvgIpc) is 1.86. The Morgan fingerprint density at radius 1 is 1.64 bits per heavy atom. The van der Waals surface area contributed by atoms with E-state index in [2.05, 4.69) is 4.74 Å². The molecule has 3 nitrogen and oxygen atoms in total. The molecule has 5 heteroatoms. The SMILES string of the molecule is O=C1C[C@](O)(C(F)F)CCO1. The van der Waals surface area contributed by atoms with Crippen LogP contribution < -0.4 is 0 Å². The number of hydrogen-bond acceptors (Lipinski definition) is 3. The quantitative estimate of drug-likeness (QED) is 0.570. The molecule has 0 unspecified atom stereocenters. The smallest absolute Gasteiger partial charge is 0.308 e. The van der Waals surface area contributed by atoms with Crippen molar-refractivity contribution in [3.8, 4) is 0 Å². The maximum absolute atomic E-state index is 12.0. The van der Waals surface area contributed by atoms with Gasteiger partial charge in [0.15, 0.2) is 0 Å². The van der Waals surface area contributed by atoms with Crippen LogP contribution in [0, 0.1) is 0 Å². The summed E-state index contributed by atoms with van der Waals surface area (Å²) in [6.07, 6.45) is -3.67. The molecule has 0 radical (unpaired) electrons. The molecule has 0 amide bonds. The van der Waals surface area contributed by atoms with Gasteiger partial charge in [0.1, 0.15) is 5.60 Å². The zero-order chi connectivity index (χ0) is 8.48. The van der Waals surface area contributed by atoms with Crippen LogP contribution in [0.3, 0.4) is 0 Å². The number of esters is 1. The van der Waals surface area contributed by atoms with Crippen LogP contribution >= 0.6 is 0 Å². The maximum atomic E-state index is 12.0. The van der Waals surface area contributed by atoms with Gasteiger partial charge in [-0.3, -0.25) is 4.79 Å². The highest BCUT2D eigenvalue weighted by Crippen LogP contribution is 2.27. The predicted octanol–water partition coefficient (Wildman–Crippen LogP) is 0.320. The second kappa shape index (κ2) is 2.73. The number of alkyl halides is 2. The Bertz CT molecular complexity index is 171. The summed E-state index contributed by atoms with van der Waals surface area (Å²) < 4.78 is 28.4. The number of carbonyl (C=O) groups excluding carboxylic acids is 1. The minimum Gasteiger partial charge on any atom is -0.465 e. The maximum Gasteiger partial charge on any atom is 0.308 e. The molecule has 0 aliphatic carbocycles. The minimum absolute atomic E-state index is 0.125. The lowest BCUT2D eigenvalue weighted by Crippen LogP contribution is -2.44. The summed E-state index contributed by atoms with van der Waals surface area (Å²) in [5, 5.41) is 9.07. The fourth-order valence-electron chi connectivity index (χ4n) is 0.917. The van der Waals surface area contributed by atoms with E-state index in [0.29, 0.717) is 0 Å². The van der Waals surface area contributed by atoms with E-state index in [4.69, 9.17) is 5.11 Å². The van der Waals surface area contributed by atoms with Gasteiger partial charge in [-0.05, 0) is 0 Å². The Balaban J connectivity index is 2.62. The number of carbonyl (C=O) groups is 1. The van der Waals surface area contributed by atoms with Crippen LogP contribution in [0.25, 0.3) is 0 Å². The molecule has 1 aliphatic heterocycles. The number of ether oxygens (including phenoxy) is 1. The fourth-order valence-corrected chi connectivity index (χ4v) is 0.917. The first kappa shape index (κ1) is 8.39. The number of rotatable bonds is 1. The molecule has 1 N–H and O–H groups in total. The Kier molecular flexibility index (Phi) is 2.08. The zero-order valence-electron chi connectivity index (χ0n) is 5.72. The Labute approximate surface area is 62.0 Å². The van der Waals surface area contributed by atoms with Crippen molar-refractivity contribution in [2.75, 3.05) is 6.61 Å². The molecule has 1 atom stereocenters. The first-order chi connectivity index (χ1) is 5.04. The van der Waals surface area contributed by atoms with E-state index in [0.717, 1.165) is 0 Å². The van der Waals surface area contributed by atoms with Crippen LogP contribution in [0.4, 0.5) is 8.78 Å². The van der Waals surface area contributed by atoms with Gasteiger partial charge in [-0.25, -0.2) is 8.78 Å². The summed E-state index contributed by atoms with van der Waals surface area (Å²) in [6, 6.07) is 0. The van der Waals surface area contributed by atoms with Crippen molar-refractivity contribution in [1.82, 2.24) is 0 Å². The van der Waals surface area contributed by atoms with Crippen LogP contribution in [0.15, 0.2) is 0 Å². The van der Waals surface area contributed by atoms with Crippen LogP contribution in [-0.4, -0.2) is 29.7 Å². The molecular weight excluding hydrogens is 158 g/mol. The average molecular weight is 166 g/mol. The van der Waals surface area contributed by atoms with Gasteiger partial charge in [0.05, 0.1) is 13.0 Å². The van der Waals surface area contributed by atoms with Crippen molar-refractivity contribution in [1.29, 1.82) is 0 Å². The summed E-state index contributed by atoms with van der Waals surface area (Å²) >= 11 is 0. The zero-order valence-corrected chi connectivity index (χ0v) is 5.72. The molecule has 0 aromatic carbocycles. The third kappa shape index (κ3) is 1.65. The number of hydrogen-bond donors (Lipinski definition) is 1. The number of cyclic esters (lactones) is 1. The van der Waals surface area contributed by atoms with Gasteiger partial charge in [0.25, 0.3) is 6.43 Å². The molecular formula is C6H8F2O3. The van der Waals surface area contributed by atoms with Gasteiger partial charge in [-0.1, -0.05) is 0 Å². The lowest BCUT2D eigenvalue weighted by Gasteiger charge is -2.29. The monoisotopic (exact) mass is 166 g/mol. The van der Waals surface area contributed by atoms with Gasteiger partial charge in [0, 0.05) is 6.42 Å². The molecule has 0 aromatic rings. The number of halogens is 2. The largest absolute Gasteiger partial charge is 0.465 e. The Hall–Kier alpha value is -0.710. The molecule has 11 heavy (non-hydrogen) atoms. The summed E-state index contributed by atoms with van der Waals surface area (Å²) in [6.45, 7) is -0.125. The van der Waals surface area contributed by atoms with Gasteiger partial charge < -0.3 is 9.84 Å². The lowest BCUT2D eigenvalue weighted by atomic mass is 9.95. The van der Waals surface area contributed by atoms with Gasteiger partial charge >= 0.3 is 5.97 Å². The first-order valence-electron chi connectivity index (χ1n) is 3.21. The van der Waals surface area contributed by atoms with Crippen molar-refractivity contribution in [2.45, 2.75) is 24.9 Å². The Morgan fingerprint density at radius 3 is 2.64 bits per heavy atom. The number of aliphatic hydroxyl groups is 1. The molecule has 0 bridgehead atoms. The second-order valence-electron chi connectivity index (χ2n) is 2.55. The topological polar surface area (TPSA) is 46.5 Å². The Morgan fingerprint density at radius 2 is 2.27 bits per heavy atom. The van der Waals surface area contributed by atoms with Crippen molar-refractivity contribution in [3.05, 3.63) is 0 Å². The van der Waals surface area contributed by atoms with Gasteiger partial charge in [-0.2, -0.15) is 0 Å². The molecule has 0 spiro atoms. The molecule has 64 valence electrons. The van der Waals surface area contributed by atoms with E-state index >= 15 is 0 Å². The fraction of sp³-hybridized carbons (Fsp3) is 0.833. The minimum atomic E-state index is -2.88. The second-order valence-corrected chi connectivity index (χ2v) is 2.55. The van der Waals surface area contributed by atoms with Crippen molar-refractivity contribution < 1.29 is 23.4 Å². The van der Waals surface area contributed by atoms with Gasteiger partial charge in [0.2, 0.25) is 0 Å². The van der Waals surface area contributed by atoms with Crippen molar-refractivity contribution in [3.63, 3.8) is 0 Å². The van der Waals surface area contributed by atoms with Crippen LogP contribution in [-0.2, 0) is 9.53 Å². The summed E-state index contributed by atoms with van der Waals surface area (Å²) in [4.78, 5) is 10.5. The molecule has 1 saturated heterocycles. The van der Waals surface area contributed by atoms with Crippen molar-refractivity contribution >= 4 is 5.97 Å². The van der Waals surface area contributed by atoms with E-state index in [1.165, 1.54) is 0 Å². The normalized spacial score (nSPS) is 32.2. The molecule has 0 saturated carbocycles. The third-order valence-electron chi connectivity index (χ3n) is 1.65. The molecule has 1 rings (SSSR count). The van der Waals surface area contributed by atoms with E-state index in [1.54, 1.807) is 0 Å². The van der Waals surface area contributed by atoms with E-state index < -0.39 is 24.4 Å². The predicted molar refractivity (Wildman–Crippen MR) is 31.1 cm³/mol. The molecule has 1 heterocycles. The molecule has 1 fully saturated rings. The highest BCUT2D eigenvalue weighted by molar-refractivity contribution is 5.71. The van der Waals surface area contributed by atoms with Gasteiger partial charge in [-0.15, -0.1) is 0 Å². The lowest BCUT2D eigenvalue weighted by molar-refractivity contribution is -0.176. The van der Waals surface area contributed by atoms with Crippen LogP contribution in [0.5, 0.6) is 0 Å². The standard InChI is InChI=1S/C6H8F2O3/c7-5(8)6(10)1-2-11-4(9)3-6/h5,10H,1-3H2/t6-/m0/s1. The summed E-state index contributed by atoms with van der Waals surface area (Å²) in [5.41, 5.74) is -2.16. The molecule has 1 aliphatic rings. The van der Waals surface area contributed by atoms with E-state index in [1.807, 2.05) is 0 Å². The van der Waals surface area contributed by atoms with Crippen LogP contribution in [0.1, 0.15) is 12.8 Å². The summed E-state index contributed by atoms with van der Waals surface area (Å²) in [5.74, 6) is -0.765. The third-order valence-corrected chi connectivity index (χ3v) is 1.65. The molecule has 0 aromatic heterocycles.